The molecule has 0 atom stereocenters. The summed E-state index contributed by atoms with van der Waals surface area (Å²) in [6.07, 6.45) is 1.85. The van der Waals surface area contributed by atoms with Crippen LogP contribution in [0.25, 0.3) is 5.69 Å². The number of nitrogens with zero attached hydrogens (tertiary/aromatic N) is 2. The molecule has 1 heterocycles. The largest absolute Gasteiger partial charge is 0.311 e. The molecule has 0 bridgehead atoms. The Balaban J connectivity index is 2.02. The lowest BCUT2D eigenvalue weighted by molar-refractivity contribution is 0.546. The van der Waals surface area contributed by atoms with Gasteiger partial charge in [-0.25, -0.2) is 9.07 Å². The molecule has 2 rings (SSSR count). The normalized spacial score (nSPS) is 11.1. The van der Waals surface area contributed by atoms with Crippen molar-refractivity contribution in [3.8, 4) is 5.69 Å². The van der Waals surface area contributed by atoms with Crippen LogP contribution in [0.4, 0.5) is 4.39 Å². The highest BCUT2D eigenvalue weighted by Crippen LogP contribution is 2.09. The Labute approximate surface area is 107 Å². The number of benzene rings is 1. The summed E-state index contributed by atoms with van der Waals surface area (Å²) < 4.78 is 14.8. The fraction of sp³-hybridized carbons (Fsp3) is 0.357. The number of aromatic nitrogens is 2. The van der Waals surface area contributed by atoms with Crippen molar-refractivity contribution in [1.29, 1.82) is 0 Å². The molecular formula is C14H18FN3. The second-order valence-electron chi connectivity index (χ2n) is 4.76. The van der Waals surface area contributed by atoms with E-state index in [1.165, 1.54) is 12.1 Å². The van der Waals surface area contributed by atoms with Gasteiger partial charge in [0.2, 0.25) is 0 Å². The van der Waals surface area contributed by atoms with E-state index in [9.17, 15) is 4.39 Å². The van der Waals surface area contributed by atoms with Crippen molar-refractivity contribution in [2.45, 2.75) is 20.4 Å². The summed E-state index contributed by atoms with van der Waals surface area (Å²) in [4.78, 5) is 0. The van der Waals surface area contributed by atoms with Crippen molar-refractivity contribution in [2.24, 2.45) is 5.92 Å². The summed E-state index contributed by atoms with van der Waals surface area (Å²) in [5.74, 6) is 0.373. The lowest BCUT2D eigenvalue weighted by Gasteiger charge is -2.05. The van der Waals surface area contributed by atoms with Crippen LogP contribution in [0.5, 0.6) is 0 Å². The highest BCUT2D eigenvalue weighted by molar-refractivity contribution is 5.31. The Morgan fingerprint density at radius 3 is 2.89 bits per heavy atom. The van der Waals surface area contributed by atoms with E-state index in [-0.39, 0.29) is 5.82 Å². The van der Waals surface area contributed by atoms with Crippen LogP contribution >= 0.6 is 0 Å². The van der Waals surface area contributed by atoms with Crippen molar-refractivity contribution < 1.29 is 4.39 Å². The van der Waals surface area contributed by atoms with E-state index in [1.54, 1.807) is 10.7 Å². The number of halogens is 1. The number of hydrogen-bond donors (Lipinski definition) is 1. The first-order valence-corrected chi connectivity index (χ1v) is 6.16. The van der Waals surface area contributed by atoms with E-state index in [0.717, 1.165) is 24.5 Å². The van der Waals surface area contributed by atoms with Crippen molar-refractivity contribution >= 4 is 0 Å². The third-order valence-corrected chi connectivity index (χ3v) is 2.58. The molecule has 1 aromatic carbocycles. The summed E-state index contributed by atoms with van der Waals surface area (Å²) >= 11 is 0. The van der Waals surface area contributed by atoms with Gasteiger partial charge < -0.3 is 5.32 Å². The van der Waals surface area contributed by atoms with E-state index < -0.39 is 0 Å². The molecule has 0 aliphatic rings. The van der Waals surface area contributed by atoms with Crippen LogP contribution in [0.1, 0.15) is 19.5 Å². The van der Waals surface area contributed by atoms with Crippen molar-refractivity contribution in [2.75, 3.05) is 6.54 Å². The zero-order chi connectivity index (χ0) is 13.0. The van der Waals surface area contributed by atoms with E-state index in [1.807, 2.05) is 18.3 Å². The molecule has 1 aromatic heterocycles. The molecule has 0 saturated carbocycles. The Bertz CT molecular complexity index is 505. The molecule has 0 saturated heterocycles. The van der Waals surface area contributed by atoms with Gasteiger partial charge in [-0.15, -0.1) is 0 Å². The standard InChI is InChI=1S/C14H18FN3/c1-11(2)9-16-10-13-6-7-18(17-13)14-5-3-4-12(15)8-14/h3-8,11,16H,9-10H2,1-2H3. The minimum Gasteiger partial charge on any atom is -0.311 e. The third kappa shape index (κ3) is 3.40. The smallest absolute Gasteiger partial charge is 0.125 e. The van der Waals surface area contributed by atoms with Gasteiger partial charge in [-0.3, -0.25) is 0 Å². The van der Waals surface area contributed by atoms with Crippen LogP contribution < -0.4 is 5.32 Å². The van der Waals surface area contributed by atoms with Crippen LogP contribution in [0.3, 0.4) is 0 Å². The van der Waals surface area contributed by atoms with Crippen molar-refractivity contribution in [1.82, 2.24) is 15.1 Å². The molecule has 0 radical (unpaired) electrons. The molecule has 2 aromatic rings. The lowest BCUT2D eigenvalue weighted by Crippen LogP contribution is -2.19. The first kappa shape index (κ1) is 12.8. The number of nitrogens with one attached hydrogen (secondary N) is 1. The molecule has 0 spiro atoms. The average Bonchev–Trinajstić information content (AvgIpc) is 2.77. The van der Waals surface area contributed by atoms with Crippen LogP contribution in [-0.2, 0) is 6.54 Å². The highest BCUT2D eigenvalue weighted by Gasteiger charge is 2.02. The maximum absolute atomic E-state index is 13.1. The summed E-state index contributed by atoms with van der Waals surface area (Å²) in [6.45, 7) is 6.03. The van der Waals surface area contributed by atoms with E-state index in [2.05, 4.69) is 24.3 Å². The zero-order valence-corrected chi connectivity index (χ0v) is 10.7. The molecule has 1 N–H and O–H groups in total. The van der Waals surface area contributed by atoms with Crippen molar-refractivity contribution in [3.63, 3.8) is 0 Å². The van der Waals surface area contributed by atoms with E-state index >= 15 is 0 Å². The number of rotatable bonds is 5. The van der Waals surface area contributed by atoms with Crippen LogP contribution in [0.15, 0.2) is 36.5 Å². The topological polar surface area (TPSA) is 29.9 Å². The maximum atomic E-state index is 13.1. The Kier molecular flexibility index (Phi) is 4.10. The Morgan fingerprint density at radius 2 is 2.17 bits per heavy atom. The SMILES string of the molecule is CC(C)CNCc1ccn(-c2cccc(F)c2)n1. The van der Waals surface area contributed by atoms with E-state index in [0.29, 0.717) is 5.92 Å². The first-order chi connectivity index (χ1) is 8.65. The molecule has 0 aliphatic heterocycles. The van der Waals surface area contributed by atoms with E-state index in [4.69, 9.17) is 0 Å². The minimum absolute atomic E-state index is 0.248. The predicted molar refractivity (Wildman–Crippen MR) is 70.1 cm³/mol. The highest BCUT2D eigenvalue weighted by atomic mass is 19.1. The Hall–Kier alpha value is -1.68. The molecule has 96 valence electrons. The third-order valence-electron chi connectivity index (χ3n) is 2.58. The second kappa shape index (κ2) is 5.78. The Morgan fingerprint density at radius 1 is 1.33 bits per heavy atom. The summed E-state index contributed by atoms with van der Waals surface area (Å²) in [5, 5.41) is 7.73. The summed E-state index contributed by atoms with van der Waals surface area (Å²) in [7, 11) is 0. The average molecular weight is 247 g/mol. The molecule has 0 amide bonds. The monoisotopic (exact) mass is 247 g/mol. The summed E-state index contributed by atoms with van der Waals surface area (Å²) in [6, 6.07) is 8.36. The molecule has 0 unspecified atom stereocenters. The van der Waals surface area contributed by atoms with Gasteiger partial charge >= 0.3 is 0 Å². The number of hydrogen-bond acceptors (Lipinski definition) is 2. The molecule has 0 aliphatic carbocycles. The predicted octanol–water partition coefficient (Wildman–Crippen LogP) is 2.76. The molecule has 3 nitrogen and oxygen atoms in total. The van der Waals surface area contributed by atoms with Gasteiger partial charge in [0.15, 0.2) is 0 Å². The quantitative estimate of drug-likeness (QED) is 0.880. The second-order valence-corrected chi connectivity index (χ2v) is 4.76. The first-order valence-electron chi connectivity index (χ1n) is 6.16. The molecule has 18 heavy (non-hydrogen) atoms. The van der Waals surface area contributed by atoms with Gasteiger partial charge in [-0.05, 0) is 36.7 Å². The van der Waals surface area contributed by atoms with Gasteiger partial charge in [0, 0.05) is 12.7 Å². The van der Waals surface area contributed by atoms with Gasteiger partial charge in [-0.2, -0.15) is 5.10 Å². The fourth-order valence-electron chi connectivity index (χ4n) is 1.71. The lowest BCUT2D eigenvalue weighted by atomic mass is 10.2. The van der Waals surface area contributed by atoms with Crippen LogP contribution in [0.2, 0.25) is 0 Å². The van der Waals surface area contributed by atoms with Crippen LogP contribution in [0, 0.1) is 11.7 Å². The van der Waals surface area contributed by atoms with Gasteiger partial charge in [0.1, 0.15) is 5.82 Å². The van der Waals surface area contributed by atoms with Crippen LogP contribution in [-0.4, -0.2) is 16.3 Å². The summed E-state index contributed by atoms with van der Waals surface area (Å²) in [5.41, 5.74) is 1.70. The molecule has 0 fully saturated rings. The fourth-order valence-corrected chi connectivity index (χ4v) is 1.71. The van der Waals surface area contributed by atoms with Gasteiger partial charge in [0.05, 0.1) is 11.4 Å². The van der Waals surface area contributed by atoms with Gasteiger partial charge in [0.25, 0.3) is 0 Å². The van der Waals surface area contributed by atoms with Gasteiger partial charge in [-0.1, -0.05) is 19.9 Å². The zero-order valence-electron chi connectivity index (χ0n) is 10.7. The minimum atomic E-state index is -0.248. The van der Waals surface area contributed by atoms with Crippen molar-refractivity contribution in [3.05, 3.63) is 48.0 Å². The maximum Gasteiger partial charge on any atom is 0.125 e. The molecule has 4 heteroatoms. The molecular weight excluding hydrogens is 229 g/mol.